The van der Waals surface area contributed by atoms with E-state index in [-0.39, 0.29) is 40.0 Å². The number of hydrogen-bond donors (Lipinski definition) is 1. The topological polar surface area (TPSA) is 105 Å². The van der Waals surface area contributed by atoms with Crippen molar-refractivity contribution in [1.82, 2.24) is 19.8 Å². The van der Waals surface area contributed by atoms with Gasteiger partial charge in [0, 0.05) is 30.8 Å². The van der Waals surface area contributed by atoms with E-state index in [1.54, 1.807) is 36.4 Å². The molecule has 2 heterocycles. The maximum Gasteiger partial charge on any atom is 0.277 e. The van der Waals surface area contributed by atoms with Crippen molar-refractivity contribution < 1.29 is 22.0 Å². The number of halogens is 1. The predicted octanol–water partition coefficient (Wildman–Crippen LogP) is 3.46. The maximum atomic E-state index is 13.6. The van der Waals surface area contributed by atoms with Crippen LogP contribution in [-0.2, 0) is 21.4 Å². The first-order valence-corrected chi connectivity index (χ1v) is 12.9. The summed E-state index contributed by atoms with van der Waals surface area (Å²) in [4.78, 5) is 12.2. The summed E-state index contributed by atoms with van der Waals surface area (Å²) in [6.07, 6.45) is 2.75. The number of nitrogens with zero attached hydrogens (tertiary/aromatic N) is 3. The van der Waals surface area contributed by atoms with E-state index in [2.05, 4.69) is 15.5 Å². The lowest BCUT2D eigenvalue weighted by Gasteiger charge is -2.25. The highest BCUT2D eigenvalue weighted by molar-refractivity contribution is 7.99. The Labute approximate surface area is 195 Å². The summed E-state index contributed by atoms with van der Waals surface area (Å²) in [5, 5.41) is 10.7. The second kappa shape index (κ2) is 10.4. The third-order valence-corrected chi connectivity index (χ3v) is 7.91. The Balaban J connectivity index is 1.37. The second-order valence-electron chi connectivity index (χ2n) is 7.52. The van der Waals surface area contributed by atoms with Gasteiger partial charge in [-0.3, -0.25) is 4.79 Å². The first-order valence-electron chi connectivity index (χ1n) is 10.5. The van der Waals surface area contributed by atoms with Gasteiger partial charge in [0.25, 0.3) is 5.22 Å². The molecule has 0 atom stereocenters. The van der Waals surface area contributed by atoms with Crippen LogP contribution in [0, 0.1) is 5.82 Å². The predicted molar refractivity (Wildman–Crippen MR) is 121 cm³/mol. The van der Waals surface area contributed by atoms with E-state index < -0.39 is 10.0 Å². The number of nitrogens with one attached hydrogen (secondary N) is 1. The minimum atomic E-state index is -3.58. The number of carbonyl (C=O) groups is 1. The van der Waals surface area contributed by atoms with E-state index in [9.17, 15) is 17.6 Å². The molecule has 0 unspecified atom stereocenters. The molecule has 2 aromatic carbocycles. The Morgan fingerprint density at radius 1 is 1.09 bits per heavy atom. The van der Waals surface area contributed by atoms with Crippen LogP contribution in [0.15, 0.2) is 63.1 Å². The van der Waals surface area contributed by atoms with Gasteiger partial charge in [0.2, 0.25) is 21.8 Å². The van der Waals surface area contributed by atoms with Gasteiger partial charge in [-0.1, -0.05) is 42.4 Å². The van der Waals surface area contributed by atoms with E-state index in [1.165, 1.54) is 16.4 Å². The molecule has 1 aliphatic heterocycles. The van der Waals surface area contributed by atoms with E-state index in [4.69, 9.17) is 4.42 Å². The summed E-state index contributed by atoms with van der Waals surface area (Å²) >= 11 is 1.04. The summed E-state index contributed by atoms with van der Waals surface area (Å²) < 4.78 is 46.6. The van der Waals surface area contributed by atoms with Crippen molar-refractivity contribution in [2.24, 2.45) is 0 Å². The molecule has 1 N–H and O–H groups in total. The third-order valence-electron chi connectivity index (χ3n) is 5.20. The Kier molecular flexibility index (Phi) is 7.41. The van der Waals surface area contributed by atoms with Gasteiger partial charge in [0.05, 0.1) is 10.6 Å². The van der Waals surface area contributed by atoms with Crippen molar-refractivity contribution in [1.29, 1.82) is 0 Å². The van der Waals surface area contributed by atoms with Gasteiger partial charge in [-0.2, -0.15) is 4.31 Å². The average molecular weight is 491 g/mol. The van der Waals surface area contributed by atoms with E-state index >= 15 is 0 Å². The van der Waals surface area contributed by atoms with Gasteiger partial charge in [-0.15, -0.1) is 10.2 Å². The zero-order valence-corrected chi connectivity index (χ0v) is 19.4. The molecule has 1 amide bonds. The second-order valence-corrected chi connectivity index (χ2v) is 10.4. The number of amides is 1. The van der Waals surface area contributed by atoms with Crippen molar-refractivity contribution in [3.63, 3.8) is 0 Å². The summed E-state index contributed by atoms with van der Waals surface area (Å²) in [5.41, 5.74) is 0.881. The molecular formula is C22H23FN4O4S2. The molecule has 0 bridgehead atoms. The fourth-order valence-electron chi connectivity index (χ4n) is 3.44. The van der Waals surface area contributed by atoms with Crippen LogP contribution >= 0.6 is 11.8 Å². The minimum absolute atomic E-state index is 0.0134. The van der Waals surface area contributed by atoms with Crippen LogP contribution in [0.5, 0.6) is 0 Å². The fourth-order valence-corrected chi connectivity index (χ4v) is 5.60. The highest BCUT2D eigenvalue weighted by atomic mass is 32.2. The maximum absolute atomic E-state index is 13.6. The molecule has 33 heavy (non-hydrogen) atoms. The largest absolute Gasteiger partial charge is 0.411 e. The lowest BCUT2D eigenvalue weighted by atomic mass is 10.2. The van der Waals surface area contributed by atoms with E-state index in [0.29, 0.717) is 24.2 Å². The van der Waals surface area contributed by atoms with Crippen LogP contribution in [-0.4, -0.2) is 47.7 Å². The average Bonchev–Trinajstić information content (AvgIpc) is 3.32. The molecule has 1 saturated heterocycles. The molecule has 0 saturated carbocycles. The number of piperidine rings is 1. The van der Waals surface area contributed by atoms with Crippen molar-refractivity contribution in [2.75, 3.05) is 18.8 Å². The van der Waals surface area contributed by atoms with Gasteiger partial charge >= 0.3 is 0 Å². The molecule has 11 heteroatoms. The number of carbonyl (C=O) groups excluding carboxylic acids is 1. The number of benzene rings is 2. The summed E-state index contributed by atoms with van der Waals surface area (Å²) in [7, 11) is -3.58. The zero-order valence-electron chi connectivity index (χ0n) is 17.7. The quantitative estimate of drug-likeness (QED) is 0.482. The van der Waals surface area contributed by atoms with E-state index in [1.807, 2.05) is 0 Å². The van der Waals surface area contributed by atoms with Crippen LogP contribution < -0.4 is 5.32 Å². The summed E-state index contributed by atoms with van der Waals surface area (Å²) in [6.45, 7) is 1.12. The number of sulfonamides is 1. The normalized spacial score (nSPS) is 14.8. The molecule has 1 fully saturated rings. The van der Waals surface area contributed by atoms with Gasteiger partial charge < -0.3 is 9.73 Å². The Morgan fingerprint density at radius 3 is 2.67 bits per heavy atom. The van der Waals surface area contributed by atoms with Crippen LogP contribution in [0.1, 0.15) is 24.8 Å². The molecule has 0 aliphatic carbocycles. The van der Waals surface area contributed by atoms with Crippen molar-refractivity contribution in [2.45, 2.75) is 35.9 Å². The minimum Gasteiger partial charge on any atom is -0.411 e. The van der Waals surface area contributed by atoms with Gasteiger partial charge in [-0.25, -0.2) is 12.8 Å². The molecule has 0 radical (unpaired) electrons. The molecule has 4 rings (SSSR count). The number of aromatic nitrogens is 2. The molecule has 8 nitrogen and oxygen atoms in total. The third kappa shape index (κ3) is 5.79. The van der Waals surface area contributed by atoms with Gasteiger partial charge in [0.1, 0.15) is 5.82 Å². The lowest BCUT2D eigenvalue weighted by molar-refractivity contribution is -0.118. The van der Waals surface area contributed by atoms with Crippen LogP contribution in [0.4, 0.5) is 4.39 Å². The smallest absolute Gasteiger partial charge is 0.277 e. The Bertz CT molecular complexity index is 1230. The molecular weight excluding hydrogens is 467 g/mol. The molecule has 174 valence electrons. The van der Waals surface area contributed by atoms with Crippen molar-refractivity contribution in [3.8, 4) is 11.5 Å². The van der Waals surface area contributed by atoms with Crippen LogP contribution in [0.3, 0.4) is 0 Å². The number of hydrogen-bond acceptors (Lipinski definition) is 7. The summed E-state index contributed by atoms with van der Waals surface area (Å²) in [6, 6.07) is 12.6. The molecule has 1 aromatic heterocycles. The number of thioether (sulfide) groups is 1. The van der Waals surface area contributed by atoms with E-state index in [0.717, 1.165) is 31.0 Å². The molecule has 0 spiro atoms. The van der Waals surface area contributed by atoms with Gasteiger partial charge in [0.15, 0.2) is 0 Å². The Hall–Kier alpha value is -2.76. The fraction of sp³-hybridized carbons (Fsp3) is 0.318. The summed E-state index contributed by atoms with van der Waals surface area (Å²) in [5.74, 6) is -0.506. The highest BCUT2D eigenvalue weighted by Gasteiger charge is 2.26. The number of rotatable bonds is 8. The van der Waals surface area contributed by atoms with Crippen LogP contribution in [0.2, 0.25) is 0 Å². The van der Waals surface area contributed by atoms with Crippen molar-refractivity contribution >= 4 is 27.7 Å². The van der Waals surface area contributed by atoms with Gasteiger partial charge in [-0.05, 0) is 37.1 Å². The highest BCUT2D eigenvalue weighted by Crippen LogP contribution is 2.27. The first kappa shape index (κ1) is 23.4. The lowest BCUT2D eigenvalue weighted by Crippen LogP contribution is -2.35. The SMILES string of the molecule is O=C(CSc1nnc(-c2cccc(S(=O)(=O)N3CCCCC3)c2)o1)NCc1ccccc1F. The Morgan fingerprint density at radius 2 is 1.88 bits per heavy atom. The molecule has 1 aliphatic rings. The van der Waals surface area contributed by atoms with Crippen molar-refractivity contribution in [3.05, 3.63) is 59.9 Å². The molecule has 3 aromatic rings. The zero-order chi connectivity index (χ0) is 23.3. The first-order chi connectivity index (χ1) is 15.9. The monoisotopic (exact) mass is 490 g/mol. The van der Waals surface area contributed by atoms with Crippen LogP contribution in [0.25, 0.3) is 11.5 Å². The standard InChI is InChI=1S/C22H23FN4O4S2/c23-19-10-3-2-7-17(19)14-24-20(28)15-32-22-26-25-21(31-22)16-8-6-9-18(13-16)33(29,30)27-11-4-1-5-12-27/h2-3,6-10,13H,1,4-5,11-12,14-15H2,(H,24,28).